The molecule has 0 radical (unpaired) electrons. The highest BCUT2D eigenvalue weighted by molar-refractivity contribution is 7.88. The van der Waals surface area contributed by atoms with Crippen LogP contribution in [-0.2, 0) is 21.4 Å². The monoisotopic (exact) mass is 424 g/mol. The first-order chi connectivity index (χ1) is 13.7. The van der Waals surface area contributed by atoms with Crippen molar-refractivity contribution in [3.05, 3.63) is 35.9 Å². The third kappa shape index (κ3) is 7.66. The van der Waals surface area contributed by atoms with E-state index >= 15 is 0 Å². The van der Waals surface area contributed by atoms with Gasteiger partial charge < -0.3 is 16.0 Å². The lowest BCUT2D eigenvalue weighted by Gasteiger charge is -2.31. The van der Waals surface area contributed by atoms with Crippen LogP contribution in [0.25, 0.3) is 0 Å². The molecule has 3 N–H and O–H groups in total. The Kier molecular flexibility index (Phi) is 8.45. The minimum absolute atomic E-state index is 0.0652. The maximum Gasteiger partial charge on any atom is 0.315 e. The quantitative estimate of drug-likeness (QED) is 0.585. The molecule has 2 rings (SSSR count). The molecule has 0 bridgehead atoms. The molecule has 1 aliphatic rings. The van der Waals surface area contributed by atoms with Crippen LogP contribution in [0.15, 0.2) is 30.3 Å². The van der Waals surface area contributed by atoms with Crippen molar-refractivity contribution in [3.8, 4) is 0 Å². The van der Waals surface area contributed by atoms with Gasteiger partial charge in [-0.05, 0) is 30.2 Å². The molecule has 1 fully saturated rings. The van der Waals surface area contributed by atoms with Crippen LogP contribution in [-0.4, -0.2) is 56.6 Å². The van der Waals surface area contributed by atoms with Gasteiger partial charge in [-0.25, -0.2) is 17.5 Å². The maximum atomic E-state index is 12.6. The number of urea groups is 1. The second-order valence-corrected chi connectivity index (χ2v) is 9.87. The molecular formula is C20H32N4O4S. The summed E-state index contributed by atoms with van der Waals surface area (Å²) in [6.45, 7) is 5.59. The molecular weight excluding hydrogens is 392 g/mol. The molecule has 29 heavy (non-hydrogen) atoms. The predicted octanol–water partition coefficient (Wildman–Crippen LogP) is 1.30. The Balaban J connectivity index is 1.78. The van der Waals surface area contributed by atoms with Crippen molar-refractivity contribution in [3.63, 3.8) is 0 Å². The number of benzene rings is 1. The van der Waals surface area contributed by atoms with Crippen molar-refractivity contribution < 1.29 is 18.0 Å². The van der Waals surface area contributed by atoms with Crippen molar-refractivity contribution in [1.29, 1.82) is 0 Å². The largest absolute Gasteiger partial charge is 0.354 e. The first kappa shape index (κ1) is 23.2. The lowest BCUT2D eigenvalue weighted by atomic mass is 9.97. The second-order valence-electron chi connectivity index (χ2n) is 7.88. The summed E-state index contributed by atoms with van der Waals surface area (Å²) in [4.78, 5) is 24.8. The van der Waals surface area contributed by atoms with Gasteiger partial charge in [0.15, 0.2) is 0 Å². The fourth-order valence-electron chi connectivity index (χ4n) is 3.31. The summed E-state index contributed by atoms with van der Waals surface area (Å²) in [5.74, 6) is -0.0540. The molecule has 1 unspecified atom stereocenters. The molecule has 1 aromatic carbocycles. The van der Waals surface area contributed by atoms with Crippen LogP contribution in [0.5, 0.6) is 0 Å². The summed E-state index contributed by atoms with van der Waals surface area (Å²) in [6, 6.07) is 8.53. The van der Waals surface area contributed by atoms with Gasteiger partial charge in [0.25, 0.3) is 0 Å². The highest BCUT2D eigenvalue weighted by Gasteiger charge is 2.27. The van der Waals surface area contributed by atoms with Crippen molar-refractivity contribution in [2.75, 3.05) is 25.9 Å². The zero-order valence-corrected chi connectivity index (χ0v) is 18.2. The average Bonchev–Trinajstić information content (AvgIpc) is 2.69. The SMILES string of the molecule is CC(C)C(NC(=O)NCc1ccccc1)C(=O)NCC1CCN(S(C)(=O)=O)CC1. The van der Waals surface area contributed by atoms with Gasteiger partial charge in [-0.15, -0.1) is 0 Å². The van der Waals surface area contributed by atoms with Crippen molar-refractivity contribution in [2.45, 2.75) is 39.3 Å². The molecule has 3 amide bonds. The van der Waals surface area contributed by atoms with E-state index in [2.05, 4.69) is 16.0 Å². The molecule has 162 valence electrons. The number of hydrogen-bond donors (Lipinski definition) is 3. The number of nitrogens with one attached hydrogen (secondary N) is 3. The Morgan fingerprint density at radius 3 is 2.28 bits per heavy atom. The fraction of sp³-hybridized carbons (Fsp3) is 0.600. The van der Waals surface area contributed by atoms with Crippen LogP contribution < -0.4 is 16.0 Å². The minimum Gasteiger partial charge on any atom is -0.354 e. The summed E-state index contributed by atoms with van der Waals surface area (Å²) >= 11 is 0. The Labute approximate surface area is 173 Å². The van der Waals surface area contributed by atoms with E-state index < -0.39 is 16.1 Å². The van der Waals surface area contributed by atoms with Gasteiger partial charge in [0.1, 0.15) is 6.04 Å². The Morgan fingerprint density at radius 1 is 1.10 bits per heavy atom. The third-order valence-electron chi connectivity index (χ3n) is 5.14. The van der Waals surface area contributed by atoms with Crippen LogP contribution >= 0.6 is 0 Å². The molecule has 0 spiro atoms. The summed E-state index contributed by atoms with van der Waals surface area (Å²) in [5, 5.41) is 8.44. The number of rotatable bonds is 8. The molecule has 1 heterocycles. The van der Waals surface area contributed by atoms with Gasteiger partial charge in [-0.3, -0.25) is 4.79 Å². The van der Waals surface area contributed by atoms with E-state index in [0.717, 1.165) is 5.56 Å². The van der Waals surface area contributed by atoms with E-state index in [1.807, 2.05) is 44.2 Å². The van der Waals surface area contributed by atoms with Crippen molar-refractivity contribution >= 4 is 22.0 Å². The number of piperidine rings is 1. The van der Waals surface area contributed by atoms with E-state index in [0.29, 0.717) is 39.0 Å². The highest BCUT2D eigenvalue weighted by Crippen LogP contribution is 2.18. The number of sulfonamides is 1. The molecule has 0 saturated carbocycles. The van der Waals surface area contributed by atoms with Gasteiger partial charge in [0.2, 0.25) is 15.9 Å². The van der Waals surface area contributed by atoms with Crippen LogP contribution in [0, 0.1) is 11.8 Å². The molecule has 8 nitrogen and oxygen atoms in total. The van der Waals surface area contributed by atoms with Gasteiger partial charge in [0, 0.05) is 26.2 Å². The molecule has 1 aromatic rings. The van der Waals surface area contributed by atoms with Gasteiger partial charge >= 0.3 is 6.03 Å². The van der Waals surface area contributed by atoms with Crippen LogP contribution in [0.1, 0.15) is 32.3 Å². The number of hydrogen-bond acceptors (Lipinski definition) is 4. The Bertz CT molecular complexity index is 775. The number of carbonyl (C=O) groups is 2. The summed E-state index contributed by atoms with van der Waals surface area (Å²) in [6.07, 6.45) is 2.65. The van der Waals surface area contributed by atoms with E-state index in [1.54, 1.807) is 0 Å². The number of amides is 3. The van der Waals surface area contributed by atoms with Crippen LogP contribution in [0.4, 0.5) is 4.79 Å². The van der Waals surface area contributed by atoms with E-state index in [4.69, 9.17) is 0 Å². The smallest absolute Gasteiger partial charge is 0.315 e. The average molecular weight is 425 g/mol. The zero-order valence-electron chi connectivity index (χ0n) is 17.3. The minimum atomic E-state index is -3.15. The first-order valence-electron chi connectivity index (χ1n) is 9.98. The Hall–Kier alpha value is -2.13. The van der Waals surface area contributed by atoms with Crippen LogP contribution in [0.2, 0.25) is 0 Å². The molecule has 1 aliphatic heterocycles. The zero-order chi connectivity index (χ0) is 21.4. The number of carbonyl (C=O) groups excluding carboxylic acids is 2. The Morgan fingerprint density at radius 2 is 1.72 bits per heavy atom. The maximum absolute atomic E-state index is 12.6. The molecule has 9 heteroatoms. The molecule has 0 aliphatic carbocycles. The van der Waals surface area contributed by atoms with Crippen molar-refractivity contribution in [2.24, 2.45) is 11.8 Å². The first-order valence-corrected chi connectivity index (χ1v) is 11.8. The van der Waals surface area contributed by atoms with E-state index in [9.17, 15) is 18.0 Å². The summed E-state index contributed by atoms with van der Waals surface area (Å²) in [7, 11) is -3.15. The summed E-state index contributed by atoms with van der Waals surface area (Å²) < 4.78 is 24.6. The van der Waals surface area contributed by atoms with Crippen LogP contribution in [0.3, 0.4) is 0 Å². The normalized spacial score (nSPS) is 17.0. The van der Waals surface area contributed by atoms with Gasteiger partial charge in [-0.1, -0.05) is 44.2 Å². The number of nitrogens with zero attached hydrogens (tertiary/aromatic N) is 1. The molecule has 0 aromatic heterocycles. The topological polar surface area (TPSA) is 108 Å². The standard InChI is InChI=1S/C20H32N4O4S/c1-15(2)18(23-20(26)22-14-16-7-5-4-6-8-16)19(25)21-13-17-9-11-24(12-10-17)29(3,27)28/h4-8,15,17-18H,9-14H2,1-3H3,(H,21,25)(H2,22,23,26). The van der Waals surface area contributed by atoms with Gasteiger partial charge in [0.05, 0.1) is 6.26 Å². The second kappa shape index (κ2) is 10.6. The lowest BCUT2D eigenvalue weighted by Crippen LogP contribution is -2.53. The third-order valence-corrected chi connectivity index (χ3v) is 6.44. The molecule has 1 saturated heterocycles. The predicted molar refractivity (Wildman–Crippen MR) is 113 cm³/mol. The highest BCUT2D eigenvalue weighted by atomic mass is 32.2. The lowest BCUT2D eigenvalue weighted by molar-refractivity contribution is -0.124. The fourth-order valence-corrected chi connectivity index (χ4v) is 4.18. The van der Waals surface area contributed by atoms with Crippen molar-refractivity contribution in [1.82, 2.24) is 20.3 Å². The van der Waals surface area contributed by atoms with E-state index in [1.165, 1.54) is 10.6 Å². The van der Waals surface area contributed by atoms with Gasteiger partial charge in [-0.2, -0.15) is 0 Å². The van der Waals surface area contributed by atoms with E-state index in [-0.39, 0.29) is 23.8 Å². The molecule has 1 atom stereocenters. The summed E-state index contributed by atoms with van der Waals surface area (Å²) in [5.41, 5.74) is 0.980.